The highest BCUT2D eigenvalue weighted by Crippen LogP contribution is 2.30. The molecule has 2 aromatic heterocycles. The lowest BCUT2D eigenvalue weighted by Gasteiger charge is -2.25. The van der Waals surface area contributed by atoms with E-state index in [4.69, 9.17) is 4.74 Å². The molecule has 2 N–H and O–H groups in total. The van der Waals surface area contributed by atoms with Gasteiger partial charge in [0.05, 0.1) is 31.9 Å². The molecule has 0 bridgehead atoms. The van der Waals surface area contributed by atoms with Gasteiger partial charge in [-0.05, 0) is 25.0 Å². The van der Waals surface area contributed by atoms with Gasteiger partial charge in [-0.3, -0.25) is 9.59 Å². The van der Waals surface area contributed by atoms with E-state index in [2.05, 4.69) is 15.6 Å². The summed E-state index contributed by atoms with van der Waals surface area (Å²) in [4.78, 5) is 29.0. The summed E-state index contributed by atoms with van der Waals surface area (Å²) in [6.07, 6.45) is 1.94. The minimum Gasteiger partial charge on any atom is -0.379 e. The molecule has 12 heteroatoms. The lowest BCUT2D eigenvalue weighted by molar-refractivity contribution is -0.120. The molecule has 1 aliphatic heterocycles. The topological polar surface area (TPSA) is 118 Å². The third kappa shape index (κ3) is 5.24. The molecule has 0 atom stereocenters. The van der Waals surface area contributed by atoms with Gasteiger partial charge in [-0.1, -0.05) is 0 Å². The van der Waals surface area contributed by atoms with Crippen molar-refractivity contribution in [1.29, 1.82) is 0 Å². The first-order valence-corrected chi connectivity index (χ1v) is 12.7. The number of amides is 2. The normalized spacial score (nSPS) is 17.6. The fraction of sp³-hybridized carbons (Fsp3) is 0.500. The molecular formula is C18H22N4O5S3. The Bertz CT molecular complexity index is 1020. The average molecular weight is 471 g/mol. The van der Waals surface area contributed by atoms with Gasteiger partial charge in [0.25, 0.3) is 10.0 Å². The number of anilines is 1. The van der Waals surface area contributed by atoms with Crippen LogP contribution >= 0.6 is 22.7 Å². The molecule has 2 aliphatic rings. The predicted octanol–water partition coefficient (Wildman–Crippen LogP) is 1.43. The van der Waals surface area contributed by atoms with Gasteiger partial charge >= 0.3 is 0 Å². The first-order chi connectivity index (χ1) is 14.4. The number of rotatable bonds is 8. The molecule has 0 aromatic carbocycles. The number of sulfonamides is 1. The van der Waals surface area contributed by atoms with Gasteiger partial charge in [0.1, 0.15) is 4.21 Å². The summed E-state index contributed by atoms with van der Waals surface area (Å²) in [6.45, 7) is 1.75. The van der Waals surface area contributed by atoms with Gasteiger partial charge in [-0.25, -0.2) is 13.4 Å². The zero-order valence-corrected chi connectivity index (χ0v) is 18.6. The number of aromatic nitrogens is 1. The predicted molar refractivity (Wildman–Crippen MR) is 113 cm³/mol. The second-order valence-electron chi connectivity index (χ2n) is 7.10. The Kier molecular flexibility index (Phi) is 6.48. The largest absolute Gasteiger partial charge is 0.379 e. The van der Waals surface area contributed by atoms with Crippen LogP contribution in [0.15, 0.2) is 21.7 Å². The van der Waals surface area contributed by atoms with Crippen molar-refractivity contribution in [3.8, 4) is 0 Å². The Labute approximate surface area is 182 Å². The fourth-order valence-corrected chi connectivity index (χ4v) is 6.49. The number of thiazole rings is 1. The number of carbonyl (C=O) groups is 2. The Balaban J connectivity index is 1.27. The molecule has 0 radical (unpaired) electrons. The monoisotopic (exact) mass is 470 g/mol. The van der Waals surface area contributed by atoms with Crippen LogP contribution in [-0.4, -0.2) is 55.8 Å². The molecule has 1 saturated carbocycles. The van der Waals surface area contributed by atoms with E-state index in [1.54, 1.807) is 17.5 Å². The van der Waals surface area contributed by atoms with Crippen LogP contribution < -0.4 is 10.6 Å². The third-order valence-electron chi connectivity index (χ3n) is 4.73. The van der Waals surface area contributed by atoms with E-state index in [0.717, 1.165) is 29.1 Å². The molecule has 4 rings (SSSR count). The highest BCUT2D eigenvalue weighted by atomic mass is 32.2. The van der Waals surface area contributed by atoms with Crippen LogP contribution in [0.2, 0.25) is 0 Å². The van der Waals surface area contributed by atoms with Gasteiger partial charge in [0, 0.05) is 29.3 Å². The minimum atomic E-state index is -3.52. The van der Waals surface area contributed by atoms with E-state index >= 15 is 0 Å². The van der Waals surface area contributed by atoms with Crippen molar-refractivity contribution in [2.24, 2.45) is 5.92 Å². The quantitative estimate of drug-likeness (QED) is 0.603. The molecule has 9 nitrogen and oxygen atoms in total. The lowest BCUT2D eigenvalue weighted by Crippen LogP contribution is -2.40. The Morgan fingerprint density at radius 3 is 2.73 bits per heavy atom. The van der Waals surface area contributed by atoms with Gasteiger partial charge in [0.2, 0.25) is 11.8 Å². The number of nitrogens with one attached hydrogen (secondary N) is 2. The van der Waals surface area contributed by atoms with Crippen molar-refractivity contribution < 1.29 is 22.7 Å². The summed E-state index contributed by atoms with van der Waals surface area (Å²) in [5.74, 6) is -0.129. The summed E-state index contributed by atoms with van der Waals surface area (Å²) in [7, 11) is -3.52. The minimum absolute atomic E-state index is 0.0131. The molecule has 162 valence electrons. The van der Waals surface area contributed by atoms with E-state index in [0.29, 0.717) is 37.1 Å². The second kappa shape index (κ2) is 9.10. The standard InChI is InChI=1S/C18H22N4O5S3/c23-15(9-13-11-28-18(20-13)21-17(24)12-1-2-12)19-10-14-3-4-16(29-14)30(25,26)22-5-7-27-8-6-22/h3-4,11-12H,1-2,5-10H2,(H,19,23)(H,20,21,24). The van der Waals surface area contributed by atoms with Gasteiger partial charge in [-0.2, -0.15) is 4.31 Å². The van der Waals surface area contributed by atoms with E-state index in [9.17, 15) is 18.0 Å². The SMILES string of the molecule is O=C(Cc1csc(NC(=O)C2CC2)n1)NCc1ccc(S(=O)(=O)N2CCOCC2)s1. The molecule has 2 amide bonds. The second-order valence-corrected chi connectivity index (χ2v) is 11.3. The smallest absolute Gasteiger partial charge is 0.252 e. The van der Waals surface area contributed by atoms with Gasteiger partial charge in [-0.15, -0.1) is 22.7 Å². The molecule has 0 unspecified atom stereocenters. The first-order valence-electron chi connectivity index (χ1n) is 9.60. The van der Waals surface area contributed by atoms with Crippen LogP contribution in [-0.2, 0) is 37.3 Å². The zero-order chi connectivity index (χ0) is 21.1. The Hall–Kier alpha value is -1.86. The lowest BCUT2D eigenvalue weighted by atomic mass is 10.3. The number of hydrogen-bond donors (Lipinski definition) is 2. The van der Waals surface area contributed by atoms with E-state index in [1.165, 1.54) is 15.6 Å². The highest BCUT2D eigenvalue weighted by Gasteiger charge is 2.30. The zero-order valence-electron chi connectivity index (χ0n) is 16.1. The highest BCUT2D eigenvalue weighted by molar-refractivity contribution is 7.91. The summed E-state index contributed by atoms with van der Waals surface area (Å²) in [5, 5.41) is 7.82. The maximum Gasteiger partial charge on any atom is 0.252 e. The number of nitrogens with zero attached hydrogens (tertiary/aromatic N) is 2. The molecule has 1 saturated heterocycles. The van der Waals surface area contributed by atoms with Gasteiger partial charge in [0.15, 0.2) is 5.13 Å². The van der Waals surface area contributed by atoms with Crippen molar-refractivity contribution >= 4 is 49.6 Å². The number of hydrogen-bond acceptors (Lipinski definition) is 8. The van der Waals surface area contributed by atoms with Crippen molar-refractivity contribution in [2.75, 3.05) is 31.6 Å². The Morgan fingerprint density at radius 1 is 1.23 bits per heavy atom. The molecule has 2 fully saturated rings. The first kappa shape index (κ1) is 21.4. The van der Waals surface area contributed by atoms with E-state index < -0.39 is 10.0 Å². The van der Waals surface area contributed by atoms with Crippen molar-refractivity contribution in [1.82, 2.24) is 14.6 Å². The number of thiophene rings is 1. The fourth-order valence-electron chi connectivity index (χ4n) is 2.92. The molecular weight excluding hydrogens is 448 g/mol. The molecule has 2 aromatic rings. The van der Waals surface area contributed by atoms with Crippen molar-refractivity contribution in [3.63, 3.8) is 0 Å². The van der Waals surface area contributed by atoms with Crippen LogP contribution in [0, 0.1) is 5.92 Å². The van der Waals surface area contributed by atoms with Crippen molar-refractivity contribution in [2.45, 2.75) is 30.0 Å². The molecule has 3 heterocycles. The van der Waals surface area contributed by atoms with Crippen molar-refractivity contribution in [3.05, 3.63) is 28.1 Å². The van der Waals surface area contributed by atoms with Crippen LogP contribution in [0.3, 0.4) is 0 Å². The number of carbonyl (C=O) groups excluding carboxylic acids is 2. The summed E-state index contributed by atoms with van der Waals surface area (Å²) in [6, 6.07) is 3.29. The third-order valence-corrected chi connectivity index (χ3v) is 8.99. The summed E-state index contributed by atoms with van der Waals surface area (Å²) >= 11 is 2.45. The molecule has 0 spiro atoms. The number of morpholine rings is 1. The van der Waals surface area contributed by atoms with Crippen LogP contribution in [0.1, 0.15) is 23.4 Å². The van der Waals surface area contributed by atoms with Crippen LogP contribution in [0.4, 0.5) is 5.13 Å². The van der Waals surface area contributed by atoms with Crippen LogP contribution in [0.5, 0.6) is 0 Å². The summed E-state index contributed by atoms with van der Waals surface area (Å²) < 4.78 is 32.2. The molecule has 30 heavy (non-hydrogen) atoms. The average Bonchev–Trinajstić information content (AvgIpc) is 3.32. The van der Waals surface area contributed by atoms with Crippen LogP contribution in [0.25, 0.3) is 0 Å². The summed E-state index contributed by atoms with van der Waals surface area (Å²) in [5.41, 5.74) is 0.588. The Morgan fingerprint density at radius 2 is 2.00 bits per heavy atom. The number of ether oxygens (including phenoxy) is 1. The van der Waals surface area contributed by atoms with E-state index in [-0.39, 0.29) is 34.9 Å². The van der Waals surface area contributed by atoms with E-state index in [1.807, 2.05) is 0 Å². The maximum absolute atomic E-state index is 12.7. The molecule has 1 aliphatic carbocycles. The van der Waals surface area contributed by atoms with Gasteiger partial charge < -0.3 is 15.4 Å². The maximum atomic E-state index is 12.7.